The highest BCUT2D eigenvalue weighted by atomic mass is 32.2. The normalized spacial score (nSPS) is 15.7. The third-order valence-corrected chi connectivity index (χ3v) is 8.03. The minimum Gasteiger partial charge on any atom is -0.352 e. The van der Waals surface area contributed by atoms with Crippen LogP contribution in [0.4, 0.5) is 10.1 Å². The molecule has 0 atom stereocenters. The Hall–Kier alpha value is -2.06. The maximum atomic E-state index is 13.9. The van der Waals surface area contributed by atoms with E-state index in [9.17, 15) is 17.6 Å². The summed E-state index contributed by atoms with van der Waals surface area (Å²) < 4.78 is 41.7. The Morgan fingerprint density at radius 1 is 1.06 bits per heavy atom. The van der Waals surface area contributed by atoms with Crippen LogP contribution in [0.3, 0.4) is 0 Å². The van der Waals surface area contributed by atoms with Crippen molar-refractivity contribution in [1.29, 1.82) is 0 Å². The van der Waals surface area contributed by atoms with Gasteiger partial charge in [0.25, 0.3) is 10.0 Å². The number of hydrogen-bond donors (Lipinski definition) is 1. The van der Waals surface area contributed by atoms with E-state index in [-0.39, 0.29) is 22.5 Å². The van der Waals surface area contributed by atoms with Crippen molar-refractivity contribution in [2.75, 3.05) is 17.1 Å². The molecule has 1 saturated carbocycles. The minimum absolute atomic E-state index is 0.0470. The molecule has 0 radical (unpaired) electrons. The average molecular weight is 465 g/mol. The van der Waals surface area contributed by atoms with Gasteiger partial charge in [-0.2, -0.15) is 0 Å². The molecule has 1 fully saturated rings. The Labute approximate surface area is 188 Å². The molecule has 3 rings (SSSR count). The Bertz CT molecular complexity index is 973. The van der Waals surface area contributed by atoms with Gasteiger partial charge in [-0.1, -0.05) is 38.2 Å². The highest BCUT2D eigenvalue weighted by Crippen LogP contribution is 2.26. The van der Waals surface area contributed by atoms with Gasteiger partial charge in [0.2, 0.25) is 5.91 Å². The van der Waals surface area contributed by atoms with E-state index in [1.165, 1.54) is 48.5 Å². The van der Waals surface area contributed by atoms with Crippen LogP contribution in [0.1, 0.15) is 44.9 Å². The van der Waals surface area contributed by atoms with Gasteiger partial charge in [-0.25, -0.2) is 12.8 Å². The topological polar surface area (TPSA) is 66.5 Å². The summed E-state index contributed by atoms with van der Waals surface area (Å²) in [4.78, 5) is 13.8. The molecule has 0 aromatic heterocycles. The molecule has 168 valence electrons. The van der Waals surface area contributed by atoms with E-state index < -0.39 is 22.4 Å². The fourth-order valence-corrected chi connectivity index (χ4v) is 5.65. The van der Waals surface area contributed by atoms with Crippen LogP contribution < -0.4 is 9.62 Å². The molecule has 0 saturated heterocycles. The molecule has 5 nitrogen and oxygen atoms in total. The van der Waals surface area contributed by atoms with Gasteiger partial charge >= 0.3 is 0 Å². The van der Waals surface area contributed by atoms with E-state index in [4.69, 9.17) is 0 Å². The molecule has 31 heavy (non-hydrogen) atoms. The van der Waals surface area contributed by atoms with Crippen molar-refractivity contribution in [3.63, 3.8) is 0 Å². The summed E-state index contributed by atoms with van der Waals surface area (Å²) in [7, 11) is -4.05. The zero-order valence-electron chi connectivity index (χ0n) is 17.7. The lowest BCUT2D eigenvalue weighted by Crippen LogP contribution is -2.44. The number of nitrogens with zero attached hydrogens (tertiary/aromatic N) is 1. The van der Waals surface area contributed by atoms with Gasteiger partial charge in [0.15, 0.2) is 0 Å². The van der Waals surface area contributed by atoms with Gasteiger partial charge < -0.3 is 5.32 Å². The number of amides is 1. The Morgan fingerprint density at radius 3 is 2.32 bits per heavy atom. The molecule has 0 bridgehead atoms. The number of nitrogens with one attached hydrogen (secondary N) is 1. The van der Waals surface area contributed by atoms with E-state index in [1.54, 1.807) is 12.1 Å². The number of rotatable bonds is 7. The molecule has 0 heterocycles. The zero-order valence-corrected chi connectivity index (χ0v) is 19.4. The van der Waals surface area contributed by atoms with Gasteiger partial charge in [0.05, 0.1) is 10.6 Å². The molecule has 1 amide bonds. The van der Waals surface area contributed by atoms with E-state index in [2.05, 4.69) is 5.32 Å². The van der Waals surface area contributed by atoms with Crippen LogP contribution in [0.25, 0.3) is 0 Å². The largest absolute Gasteiger partial charge is 0.352 e. The predicted octanol–water partition coefficient (Wildman–Crippen LogP) is 4.97. The number of thioether (sulfide) groups is 1. The monoisotopic (exact) mass is 464 g/mol. The Morgan fingerprint density at radius 2 is 1.71 bits per heavy atom. The second-order valence-corrected chi connectivity index (χ2v) is 10.5. The summed E-state index contributed by atoms with van der Waals surface area (Å²) >= 11 is 1.51. The smallest absolute Gasteiger partial charge is 0.264 e. The Balaban J connectivity index is 1.84. The van der Waals surface area contributed by atoms with Crippen molar-refractivity contribution < 1.29 is 17.6 Å². The highest BCUT2D eigenvalue weighted by molar-refractivity contribution is 7.98. The van der Waals surface area contributed by atoms with Crippen LogP contribution in [-0.2, 0) is 14.8 Å². The number of hydrogen-bond acceptors (Lipinski definition) is 4. The van der Waals surface area contributed by atoms with Crippen LogP contribution >= 0.6 is 11.8 Å². The SMILES string of the molecule is CSc1ccc(S(=O)(=O)N(CC(=O)NC2CCCCCCC2)c2cccc(F)c2)cc1. The van der Waals surface area contributed by atoms with Gasteiger partial charge in [-0.15, -0.1) is 11.8 Å². The fourth-order valence-electron chi connectivity index (χ4n) is 3.83. The van der Waals surface area contributed by atoms with Crippen molar-refractivity contribution in [3.05, 3.63) is 54.3 Å². The second-order valence-electron chi connectivity index (χ2n) is 7.78. The van der Waals surface area contributed by atoms with E-state index in [0.717, 1.165) is 53.8 Å². The van der Waals surface area contributed by atoms with Gasteiger partial charge in [0.1, 0.15) is 12.4 Å². The van der Waals surface area contributed by atoms with Gasteiger partial charge in [-0.05, 0) is 61.6 Å². The number of halogens is 1. The first-order valence-electron chi connectivity index (χ1n) is 10.6. The fraction of sp³-hybridized carbons (Fsp3) is 0.435. The average Bonchev–Trinajstić information content (AvgIpc) is 2.74. The van der Waals surface area contributed by atoms with Crippen LogP contribution in [0.2, 0.25) is 0 Å². The molecule has 1 aliphatic carbocycles. The number of sulfonamides is 1. The lowest BCUT2D eigenvalue weighted by Gasteiger charge is -2.26. The van der Waals surface area contributed by atoms with Crippen LogP contribution in [-0.4, -0.2) is 33.2 Å². The van der Waals surface area contributed by atoms with E-state index in [1.807, 2.05) is 6.26 Å². The lowest BCUT2D eigenvalue weighted by atomic mass is 9.97. The van der Waals surface area contributed by atoms with Crippen LogP contribution in [0, 0.1) is 5.82 Å². The van der Waals surface area contributed by atoms with Crippen LogP contribution in [0.15, 0.2) is 58.3 Å². The molecule has 2 aromatic carbocycles. The van der Waals surface area contributed by atoms with Gasteiger partial charge in [-0.3, -0.25) is 9.10 Å². The standard InChI is InChI=1S/C23H29FN2O3S2/c1-30-21-12-14-22(15-13-21)31(28,29)26(20-11-7-8-18(24)16-20)17-23(27)25-19-9-5-3-2-4-6-10-19/h7-8,11-16,19H,2-6,9-10,17H2,1H3,(H,25,27). The van der Waals surface area contributed by atoms with Crippen molar-refractivity contribution >= 4 is 33.4 Å². The summed E-state index contributed by atoms with van der Waals surface area (Å²) in [5.74, 6) is -0.935. The first-order chi connectivity index (χ1) is 14.9. The molecular weight excluding hydrogens is 435 g/mol. The molecule has 1 aliphatic rings. The molecule has 8 heteroatoms. The third-order valence-electron chi connectivity index (χ3n) is 5.50. The van der Waals surface area contributed by atoms with E-state index in [0.29, 0.717) is 0 Å². The summed E-state index contributed by atoms with van der Waals surface area (Å²) in [6.45, 7) is -0.396. The summed E-state index contributed by atoms with van der Waals surface area (Å²) in [6.07, 6.45) is 9.34. The first kappa shape index (κ1) is 23.6. The molecule has 0 aliphatic heterocycles. The summed E-state index contributed by atoms with van der Waals surface area (Å²) in [5.41, 5.74) is 0.127. The maximum Gasteiger partial charge on any atom is 0.264 e. The zero-order chi connectivity index (χ0) is 22.3. The highest BCUT2D eigenvalue weighted by Gasteiger charge is 2.28. The first-order valence-corrected chi connectivity index (χ1v) is 13.3. The van der Waals surface area contributed by atoms with Crippen molar-refractivity contribution in [3.8, 4) is 0 Å². The number of anilines is 1. The molecule has 1 N–H and O–H groups in total. The molecule has 2 aromatic rings. The molecular formula is C23H29FN2O3S2. The second kappa shape index (κ2) is 11.0. The number of carbonyl (C=O) groups excluding carboxylic acids is 1. The van der Waals surface area contributed by atoms with Gasteiger partial charge in [0, 0.05) is 10.9 Å². The van der Waals surface area contributed by atoms with Crippen molar-refractivity contribution in [1.82, 2.24) is 5.32 Å². The van der Waals surface area contributed by atoms with Crippen molar-refractivity contribution in [2.24, 2.45) is 0 Å². The molecule has 0 unspecified atom stereocenters. The maximum absolute atomic E-state index is 13.9. The summed E-state index contributed by atoms with van der Waals surface area (Å²) in [6, 6.07) is 11.8. The number of benzene rings is 2. The Kier molecular flexibility index (Phi) is 8.37. The quantitative estimate of drug-likeness (QED) is 0.588. The lowest BCUT2D eigenvalue weighted by molar-refractivity contribution is -0.120. The van der Waals surface area contributed by atoms with E-state index >= 15 is 0 Å². The molecule has 0 spiro atoms. The van der Waals surface area contributed by atoms with Crippen molar-refractivity contribution in [2.45, 2.75) is 60.8 Å². The van der Waals surface area contributed by atoms with Crippen LogP contribution in [0.5, 0.6) is 0 Å². The third kappa shape index (κ3) is 6.46. The summed E-state index contributed by atoms with van der Waals surface area (Å²) in [5, 5.41) is 3.00. The minimum atomic E-state index is -4.05. The number of carbonyl (C=O) groups is 1. The predicted molar refractivity (Wildman–Crippen MR) is 123 cm³/mol.